The molecule has 1 unspecified atom stereocenters. The van der Waals surface area contributed by atoms with Gasteiger partial charge in [0.05, 0.1) is 11.5 Å². The van der Waals surface area contributed by atoms with Crippen LogP contribution in [0.25, 0.3) is 0 Å². The van der Waals surface area contributed by atoms with E-state index in [1.54, 1.807) is 37.4 Å². The van der Waals surface area contributed by atoms with Gasteiger partial charge in [0.25, 0.3) is 11.8 Å². The van der Waals surface area contributed by atoms with Crippen LogP contribution in [0.5, 0.6) is 0 Å². The second-order valence-electron chi connectivity index (χ2n) is 4.84. The van der Waals surface area contributed by atoms with Crippen molar-refractivity contribution in [3.05, 3.63) is 52.2 Å². The molecule has 0 aliphatic carbocycles. The Morgan fingerprint density at radius 3 is 2.73 bits per heavy atom. The van der Waals surface area contributed by atoms with Crippen molar-refractivity contribution in [1.29, 1.82) is 0 Å². The number of amides is 2. The van der Waals surface area contributed by atoms with E-state index in [2.05, 4.69) is 10.6 Å². The Kier molecular flexibility index (Phi) is 5.68. The average Bonchev–Trinajstić information content (AvgIpc) is 3.02. The van der Waals surface area contributed by atoms with Crippen molar-refractivity contribution in [3.63, 3.8) is 0 Å². The van der Waals surface area contributed by atoms with Gasteiger partial charge in [-0.1, -0.05) is 12.1 Å². The second kappa shape index (κ2) is 7.72. The van der Waals surface area contributed by atoms with Gasteiger partial charge in [0.2, 0.25) is 0 Å². The van der Waals surface area contributed by atoms with Crippen molar-refractivity contribution in [2.24, 2.45) is 0 Å². The maximum absolute atomic E-state index is 12.1. The first-order chi connectivity index (χ1) is 10.6. The molecule has 116 valence electrons. The Morgan fingerprint density at radius 1 is 1.23 bits per heavy atom. The van der Waals surface area contributed by atoms with E-state index in [0.29, 0.717) is 22.7 Å². The summed E-state index contributed by atoms with van der Waals surface area (Å²) in [5.41, 5.74) is 1.08. The fraction of sp³-hybridized carbons (Fsp3) is 0.250. The zero-order valence-corrected chi connectivity index (χ0v) is 13.3. The van der Waals surface area contributed by atoms with E-state index in [0.717, 1.165) is 0 Å². The number of methoxy groups -OCH3 is 1. The molecule has 2 aromatic rings. The second-order valence-corrected chi connectivity index (χ2v) is 5.79. The minimum atomic E-state index is -0.197. The smallest absolute Gasteiger partial charge is 0.265 e. The van der Waals surface area contributed by atoms with E-state index < -0.39 is 0 Å². The molecule has 2 N–H and O–H groups in total. The molecule has 1 atom stereocenters. The Morgan fingerprint density at radius 2 is 2.05 bits per heavy atom. The molecule has 1 aromatic heterocycles. The van der Waals surface area contributed by atoms with Gasteiger partial charge in [-0.15, -0.1) is 11.3 Å². The topological polar surface area (TPSA) is 67.4 Å². The zero-order chi connectivity index (χ0) is 15.9. The highest BCUT2D eigenvalue weighted by Gasteiger charge is 2.11. The number of nitrogens with one attached hydrogen (secondary N) is 2. The van der Waals surface area contributed by atoms with Gasteiger partial charge < -0.3 is 15.4 Å². The fourth-order valence-electron chi connectivity index (χ4n) is 1.94. The summed E-state index contributed by atoms with van der Waals surface area (Å²) in [5, 5.41) is 7.46. The van der Waals surface area contributed by atoms with E-state index in [9.17, 15) is 9.59 Å². The lowest BCUT2D eigenvalue weighted by Crippen LogP contribution is -2.35. The minimum absolute atomic E-state index is 0.0816. The van der Waals surface area contributed by atoms with Crippen LogP contribution in [0.1, 0.15) is 27.0 Å². The molecule has 0 bridgehead atoms. The molecular formula is C16H18N2O3S. The predicted molar refractivity (Wildman–Crippen MR) is 87.5 cm³/mol. The monoisotopic (exact) mass is 318 g/mol. The van der Waals surface area contributed by atoms with Crippen LogP contribution in [-0.4, -0.2) is 31.6 Å². The summed E-state index contributed by atoms with van der Waals surface area (Å²) in [6.07, 6.45) is 0. The largest absolute Gasteiger partial charge is 0.383 e. The van der Waals surface area contributed by atoms with Gasteiger partial charge >= 0.3 is 0 Å². The molecule has 1 heterocycles. The van der Waals surface area contributed by atoms with Gasteiger partial charge in [0.15, 0.2) is 0 Å². The van der Waals surface area contributed by atoms with Crippen molar-refractivity contribution in [3.8, 4) is 0 Å². The zero-order valence-electron chi connectivity index (χ0n) is 12.5. The van der Waals surface area contributed by atoms with E-state index in [1.165, 1.54) is 11.3 Å². The van der Waals surface area contributed by atoms with Crippen LogP contribution in [0, 0.1) is 0 Å². The third kappa shape index (κ3) is 4.41. The van der Waals surface area contributed by atoms with Gasteiger partial charge in [-0.05, 0) is 36.6 Å². The summed E-state index contributed by atoms with van der Waals surface area (Å²) < 4.78 is 4.99. The van der Waals surface area contributed by atoms with E-state index in [4.69, 9.17) is 4.74 Å². The molecule has 6 heteroatoms. The third-order valence-electron chi connectivity index (χ3n) is 2.92. The SMILES string of the molecule is COCC(C)NC(=O)c1cccc(NC(=O)c2cccs2)c1. The average molecular weight is 318 g/mol. The lowest BCUT2D eigenvalue weighted by atomic mass is 10.1. The summed E-state index contributed by atoms with van der Waals surface area (Å²) >= 11 is 1.37. The molecule has 0 radical (unpaired) electrons. The number of carbonyl (C=O) groups excluding carboxylic acids is 2. The molecule has 0 aliphatic heterocycles. The fourth-order valence-corrected chi connectivity index (χ4v) is 2.56. The number of hydrogen-bond donors (Lipinski definition) is 2. The minimum Gasteiger partial charge on any atom is -0.383 e. The van der Waals surface area contributed by atoms with Crippen LogP contribution in [0.2, 0.25) is 0 Å². The van der Waals surface area contributed by atoms with Crippen LogP contribution >= 0.6 is 11.3 Å². The number of rotatable bonds is 6. The Hall–Kier alpha value is -2.18. The van der Waals surface area contributed by atoms with Gasteiger partial charge in [0, 0.05) is 24.4 Å². The van der Waals surface area contributed by atoms with Crippen molar-refractivity contribution < 1.29 is 14.3 Å². The molecule has 22 heavy (non-hydrogen) atoms. The summed E-state index contributed by atoms with van der Waals surface area (Å²) in [6.45, 7) is 2.31. The maximum Gasteiger partial charge on any atom is 0.265 e. The Labute approximate surface area is 133 Å². The molecule has 0 fully saturated rings. The van der Waals surface area contributed by atoms with Crippen LogP contribution in [0.3, 0.4) is 0 Å². The first-order valence-electron chi connectivity index (χ1n) is 6.85. The molecule has 0 aliphatic rings. The summed E-state index contributed by atoms with van der Waals surface area (Å²) in [5.74, 6) is -0.378. The lowest BCUT2D eigenvalue weighted by Gasteiger charge is -2.13. The first kappa shape index (κ1) is 16.2. The molecular weight excluding hydrogens is 300 g/mol. The van der Waals surface area contributed by atoms with Crippen molar-refractivity contribution in [2.75, 3.05) is 19.0 Å². The van der Waals surface area contributed by atoms with Crippen LogP contribution in [0.15, 0.2) is 41.8 Å². The Balaban J connectivity index is 2.03. The number of ether oxygens (including phenoxy) is 1. The number of anilines is 1. The van der Waals surface area contributed by atoms with Crippen LogP contribution < -0.4 is 10.6 Å². The molecule has 0 spiro atoms. The summed E-state index contributed by atoms with van der Waals surface area (Å²) in [6, 6.07) is 10.3. The predicted octanol–water partition coefficient (Wildman–Crippen LogP) is 2.77. The summed E-state index contributed by atoms with van der Waals surface area (Å²) in [4.78, 5) is 24.7. The first-order valence-corrected chi connectivity index (χ1v) is 7.73. The number of hydrogen-bond acceptors (Lipinski definition) is 4. The van der Waals surface area contributed by atoms with Gasteiger partial charge in [-0.3, -0.25) is 9.59 Å². The van der Waals surface area contributed by atoms with Crippen LogP contribution in [0.4, 0.5) is 5.69 Å². The van der Waals surface area contributed by atoms with E-state index in [-0.39, 0.29) is 17.9 Å². The highest BCUT2D eigenvalue weighted by atomic mass is 32.1. The van der Waals surface area contributed by atoms with E-state index in [1.807, 2.05) is 18.4 Å². The highest BCUT2D eigenvalue weighted by Crippen LogP contribution is 2.15. The van der Waals surface area contributed by atoms with Crippen LogP contribution in [-0.2, 0) is 4.74 Å². The maximum atomic E-state index is 12.1. The van der Waals surface area contributed by atoms with Crippen molar-refractivity contribution in [1.82, 2.24) is 5.32 Å². The van der Waals surface area contributed by atoms with Gasteiger partial charge in [0.1, 0.15) is 0 Å². The van der Waals surface area contributed by atoms with Gasteiger partial charge in [-0.25, -0.2) is 0 Å². The van der Waals surface area contributed by atoms with Gasteiger partial charge in [-0.2, -0.15) is 0 Å². The highest BCUT2D eigenvalue weighted by molar-refractivity contribution is 7.12. The van der Waals surface area contributed by atoms with E-state index >= 15 is 0 Å². The normalized spacial score (nSPS) is 11.7. The number of thiophene rings is 1. The lowest BCUT2D eigenvalue weighted by molar-refractivity contribution is 0.0905. The standard InChI is InChI=1S/C16H18N2O3S/c1-11(10-21-2)17-15(19)12-5-3-6-13(9-12)18-16(20)14-7-4-8-22-14/h3-9,11H,10H2,1-2H3,(H,17,19)(H,18,20). The molecule has 1 aromatic carbocycles. The third-order valence-corrected chi connectivity index (χ3v) is 3.79. The quantitative estimate of drug-likeness (QED) is 0.860. The Bertz CT molecular complexity index is 641. The molecule has 2 amide bonds. The van der Waals surface area contributed by atoms with Crippen molar-refractivity contribution >= 4 is 28.8 Å². The number of benzene rings is 1. The summed E-state index contributed by atoms with van der Waals surface area (Å²) in [7, 11) is 1.59. The molecule has 0 saturated carbocycles. The molecule has 5 nitrogen and oxygen atoms in total. The molecule has 0 saturated heterocycles. The van der Waals surface area contributed by atoms with Crippen molar-refractivity contribution in [2.45, 2.75) is 13.0 Å². The molecule has 2 rings (SSSR count). The number of carbonyl (C=O) groups is 2.